The lowest BCUT2D eigenvalue weighted by Crippen LogP contribution is -2.17. The predicted octanol–water partition coefficient (Wildman–Crippen LogP) is 8.51. The van der Waals surface area contributed by atoms with Crippen molar-refractivity contribution in [3.63, 3.8) is 0 Å². The number of nitrogens with zero attached hydrogens (tertiary/aromatic N) is 1. The van der Waals surface area contributed by atoms with E-state index in [0.29, 0.717) is 10.6 Å². The van der Waals surface area contributed by atoms with Crippen molar-refractivity contribution in [1.82, 2.24) is 4.98 Å². The zero-order valence-electron chi connectivity index (χ0n) is 22.9. The van der Waals surface area contributed by atoms with Crippen LogP contribution in [0.25, 0.3) is 23.1 Å². The minimum atomic E-state index is -0.751. The normalized spacial score (nSPS) is 14.7. The highest BCUT2D eigenvalue weighted by atomic mass is 35.5. The number of aliphatic carboxylic acids is 1. The molecular formula is C34H32ClNO4S. The molecule has 0 aliphatic heterocycles. The van der Waals surface area contributed by atoms with Gasteiger partial charge in [-0.1, -0.05) is 72.3 Å². The summed E-state index contributed by atoms with van der Waals surface area (Å²) >= 11 is 7.97. The lowest BCUT2D eigenvalue weighted by atomic mass is 9.91. The molecule has 5 rings (SSSR count). The lowest BCUT2D eigenvalue weighted by Gasteiger charge is -2.26. The Balaban J connectivity index is 1.32. The van der Waals surface area contributed by atoms with Crippen molar-refractivity contribution >= 4 is 58.4 Å². The van der Waals surface area contributed by atoms with E-state index in [4.69, 9.17) is 21.3 Å². The molecule has 1 saturated carbocycles. The highest BCUT2D eigenvalue weighted by Crippen LogP contribution is 2.62. The highest BCUT2D eigenvalue weighted by molar-refractivity contribution is 7.99. The van der Waals surface area contributed by atoms with Gasteiger partial charge >= 0.3 is 11.9 Å². The summed E-state index contributed by atoms with van der Waals surface area (Å²) in [6, 6.07) is 25.6. The Hall–Kier alpha value is -3.61. The van der Waals surface area contributed by atoms with E-state index < -0.39 is 5.97 Å². The molecule has 1 aromatic heterocycles. The van der Waals surface area contributed by atoms with Gasteiger partial charge in [-0.05, 0) is 83.9 Å². The number of pyridine rings is 1. The van der Waals surface area contributed by atoms with Crippen molar-refractivity contribution in [2.45, 2.75) is 37.4 Å². The maximum absolute atomic E-state index is 12.2. The van der Waals surface area contributed by atoms with Gasteiger partial charge in [0.1, 0.15) is 0 Å². The van der Waals surface area contributed by atoms with Crippen LogP contribution in [0.3, 0.4) is 0 Å². The fourth-order valence-electron chi connectivity index (χ4n) is 5.34. The van der Waals surface area contributed by atoms with Gasteiger partial charge in [-0.25, -0.2) is 9.78 Å². The van der Waals surface area contributed by atoms with Gasteiger partial charge in [-0.2, -0.15) is 11.8 Å². The van der Waals surface area contributed by atoms with Crippen molar-refractivity contribution < 1.29 is 19.4 Å². The Morgan fingerprint density at radius 1 is 1.05 bits per heavy atom. The first kappa shape index (κ1) is 28.9. The smallest absolute Gasteiger partial charge is 0.338 e. The van der Waals surface area contributed by atoms with E-state index in [0.717, 1.165) is 64.7 Å². The topological polar surface area (TPSA) is 76.5 Å². The number of aryl methyl sites for hydroxylation is 1. The maximum Gasteiger partial charge on any atom is 0.338 e. The van der Waals surface area contributed by atoms with Gasteiger partial charge in [0, 0.05) is 15.7 Å². The van der Waals surface area contributed by atoms with Crippen molar-refractivity contribution in [3.05, 3.63) is 112 Å². The molecule has 0 spiro atoms. The van der Waals surface area contributed by atoms with Crippen LogP contribution >= 0.6 is 23.4 Å². The fraction of sp³-hybridized carbons (Fsp3) is 0.265. The first-order valence-corrected chi connectivity index (χ1v) is 15.1. The average Bonchev–Trinajstić information content (AvgIpc) is 3.74. The number of rotatable bonds is 12. The summed E-state index contributed by atoms with van der Waals surface area (Å²) in [6.07, 6.45) is 7.64. The van der Waals surface area contributed by atoms with Gasteiger partial charge < -0.3 is 9.84 Å². The minimum absolute atomic E-state index is 0.0729. The van der Waals surface area contributed by atoms with E-state index in [1.165, 1.54) is 7.11 Å². The summed E-state index contributed by atoms with van der Waals surface area (Å²) in [4.78, 5) is 28.7. The van der Waals surface area contributed by atoms with Crippen molar-refractivity contribution in [3.8, 4) is 0 Å². The third-order valence-corrected chi connectivity index (χ3v) is 9.45. The zero-order valence-corrected chi connectivity index (χ0v) is 24.5. The van der Waals surface area contributed by atoms with E-state index in [1.54, 1.807) is 6.07 Å². The van der Waals surface area contributed by atoms with Crippen LogP contribution in [0.2, 0.25) is 5.02 Å². The Kier molecular flexibility index (Phi) is 9.11. The fourth-order valence-corrected chi connectivity index (χ4v) is 7.06. The molecule has 1 heterocycles. The number of hydrogen-bond donors (Lipinski definition) is 1. The Morgan fingerprint density at radius 2 is 1.85 bits per heavy atom. The van der Waals surface area contributed by atoms with Gasteiger partial charge in [0.05, 0.1) is 30.3 Å². The van der Waals surface area contributed by atoms with Gasteiger partial charge in [0.2, 0.25) is 0 Å². The van der Waals surface area contributed by atoms with Crippen LogP contribution in [-0.4, -0.2) is 34.9 Å². The number of aromatic nitrogens is 1. The number of thioether (sulfide) groups is 1. The number of halogens is 1. The number of hydrogen-bond acceptors (Lipinski definition) is 5. The standard InChI is InChI=1S/C34H32ClNO4S/c1-40-33(39)29-10-3-2-7-24(29)9-5-19-41-32(34(17-18-34)22-31(37)38)26-8-4-6-23(20-26)11-15-28-16-13-25-12-14-27(35)21-30(25)36-28/h2-4,6-8,10-16,20-21,32H,5,9,17-19,22H2,1H3,(H,37,38)/t32-/m0/s1. The molecule has 210 valence electrons. The molecule has 1 aliphatic carbocycles. The summed E-state index contributed by atoms with van der Waals surface area (Å²) in [5.41, 5.74) is 5.21. The summed E-state index contributed by atoms with van der Waals surface area (Å²) < 4.78 is 4.94. The van der Waals surface area contributed by atoms with Gasteiger partial charge in [-0.15, -0.1) is 0 Å². The van der Waals surface area contributed by atoms with E-state index in [2.05, 4.69) is 18.2 Å². The number of carboxylic acid groups (broad SMARTS) is 1. The molecule has 1 fully saturated rings. The summed E-state index contributed by atoms with van der Waals surface area (Å²) in [7, 11) is 1.40. The molecule has 0 unspecified atom stereocenters. The number of carbonyl (C=O) groups is 2. The number of carboxylic acids is 1. The number of carbonyl (C=O) groups excluding carboxylic acids is 1. The molecular weight excluding hydrogens is 554 g/mol. The minimum Gasteiger partial charge on any atom is -0.481 e. The average molecular weight is 586 g/mol. The third kappa shape index (κ3) is 7.19. The predicted molar refractivity (Wildman–Crippen MR) is 167 cm³/mol. The number of benzene rings is 3. The Morgan fingerprint density at radius 3 is 2.63 bits per heavy atom. The zero-order chi connectivity index (χ0) is 28.8. The molecule has 41 heavy (non-hydrogen) atoms. The molecule has 1 aliphatic rings. The van der Waals surface area contributed by atoms with E-state index in [1.807, 2.05) is 78.5 Å². The summed E-state index contributed by atoms with van der Waals surface area (Å²) in [5.74, 6) is -0.221. The molecule has 1 atom stereocenters. The Labute approximate surface area is 249 Å². The van der Waals surface area contributed by atoms with Crippen LogP contribution in [0.15, 0.2) is 78.9 Å². The lowest BCUT2D eigenvalue weighted by molar-refractivity contribution is -0.138. The van der Waals surface area contributed by atoms with Crippen LogP contribution in [0.5, 0.6) is 0 Å². The summed E-state index contributed by atoms with van der Waals surface area (Å²) in [6.45, 7) is 0. The molecule has 0 amide bonds. The third-order valence-electron chi connectivity index (χ3n) is 7.59. The van der Waals surface area contributed by atoms with Crippen LogP contribution < -0.4 is 0 Å². The molecule has 0 radical (unpaired) electrons. The molecule has 0 bridgehead atoms. The van der Waals surface area contributed by atoms with Crippen molar-refractivity contribution in [2.24, 2.45) is 5.41 Å². The molecule has 0 saturated heterocycles. The quantitative estimate of drug-likeness (QED) is 0.133. The monoisotopic (exact) mass is 585 g/mol. The van der Waals surface area contributed by atoms with Crippen LogP contribution in [0.4, 0.5) is 0 Å². The second-order valence-corrected chi connectivity index (χ2v) is 12.2. The van der Waals surface area contributed by atoms with Gasteiger partial charge in [-0.3, -0.25) is 4.79 Å². The molecule has 5 nitrogen and oxygen atoms in total. The maximum atomic E-state index is 12.2. The summed E-state index contributed by atoms with van der Waals surface area (Å²) in [5, 5.41) is 11.5. The number of ether oxygens (including phenoxy) is 1. The number of fused-ring (bicyclic) bond motifs is 1. The Bertz CT molecular complexity index is 1600. The van der Waals surface area contributed by atoms with Crippen LogP contribution in [0.1, 0.15) is 63.7 Å². The SMILES string of the molecule is COC(=O)c1ccccc1CCCS[C@@H](c1cccc(C=Cc2ccc3ccc(Cl)cc3n2)c1)C1(CC(=O)O)CC1. The molecule has 7 heteroatoms. The molecule has 1 N–H and O–H groups in total. The van der Waals surface area contributed by atoms with E-state index in [-0.39, 0.29) is 23.1 Å². The second kappa shape index (κ2) is 12.9. The van der Waals surface area contributed by atoms with Gasteiger partial charge in [0.25, 0.3) is 0 Å². The number of methoxy groups -OCH3 is 1. The first-order valence-electron chi connectivity index (χ1n) is 13.7. The van der Waals surface area contributed by atoms with Crippen LogP contribution in [0, 0.1) is 5.41 Å². The van der Waals surface area contributed by atoms with E-state index in [9.17, 15) is 14.7 Å². The highest BCUT2D eigenvalue weighted by Gasteiger charge is 2.51. The largest absolute Gasteiger partial charge is 0.481 e. The number of esters is 1. The van der Waals surface area contributed by atoms with Gasteiger partial charge in [0.15, 0.2) is 0 Å². The van der Waals surface area contributed by atoms with Crippen molar-refractivity contribution in [1.29, 1.82) is 0 Å². The molecule has 4 aromatic rings. The second-order valence-electron chi connectivity index (χ2n) is 10.5. The van der Waals surface area contributed by atoms with E-state index >= 15 is 0 Å². The van der Waals surface area contributed by atoms with Crippen LogP contribution in [-0.2, 0) is 16.0 Å². The molecule has 3 aromatic carbocycles. The first-order chi connectivity index (χ1) is 19.9. The van der Waals surface area contributed by atoms with Crippen molar-refractivity contribution in [2.75, 3.05) is 12.9 Å².